The molecule has 1 saturated carbocycles. The van der Waals surface area contributed by atoms with Crippen LogP contribution in [0.25, 0.3) is 0 Å². The van der Waals surface area contributed by atoms with Crippen LogP contribution in [-0.2, 0) is 4.79 Å². The van der Waals surface area contributed by atoms with E-state index in [0.717, 1.165) is 19.3 Å². The van der Waals surface area contributed by atoms with E-state index in [0.29, 0.717) is 13.1 Å². The fraction of sp³-hybridized carbons (Fsp3) is 0.923. The molecule has 17 heavy (non-hydrogen) atoms. The Morgan fingerprint density at radius 3 is 2.59 bits per heavy atom. The van der Waals surface area contributed by atoms with Crippen molar-refractivity contribution in [2.24, 2.45) is 11.3 Å². The molecule has 1 amide bonds. The molecule has 2 aliphatic rings. The van der Waals surface area contributed by atoms with Gasteiger partial charge in [-0.15, -0.1) is 0 Å². The quantitative estimate of drug-likeness (QED) is 0.743. The molecule has 4 heteroatoms. The smallest absolute Gasteiger partial charge is 0.226 e. The number of nitrogens with zero attached hydrogens (tertiary/aromatic N) is 1. The van der Waals surface area contributed by atoms with Crippen molar-refractivity contribution in [3.05, 3.63) is 0 Å². The molecule has 1 unspecified atom stereocenters. The van der Waals surface area contributed by atoms with Crippen molar-refractivity contribution in [2.45, 2.75) is 45.3 Å². The maximum Gasteiger partial charge on any atom is 0.226 e. The number of aliphatic hydroxyl groups excluding tert-OH is 1. The number of nitrogens with one attached hydrogen (secondary N) is 1. The molecule has 1 heterocycles. The molecule has 1 aliphatic heterocycles. The minimum Gasteiger partial charge on any atom is -0.390 e. The average molecular weight is 240 g/mol. The third-order valence-electron chi connectivity index (χ3n) is 4.55. The largest absolute Gasteiger partial charge is 0.390 e. The maximum atomic E-state index is 12.5. The van der Waals surface area contributed by atoms with Gasteiger partial charge in [0.25, 0.3) is 0 Å². The zero-order valence-corrected chi connectivity index (χ0v) is 11.1. The second-order valence-corrected chi connectivity index (χ2v) is 6.18. The number of β-amino-alcohol motifs (C(OH)–C–C–N with tert-alkyl or cyclic N) is 1. The molecule has 0 aromatic heterocycles. The molecule has 0 spiro atoms. The Morgan fingerprint density at radius 2 is 2.12 bits per heavy atom. The molecule has 0 aromatic carbocycles. The normalized spacial score (nSPS) is 36.1. The van der Waals surface area contributed by atoms with E-state index in [4.69, 9.17) is 0 Å². The molecule has 3 atom stereocenters. The Labute approximate surface area is 103 Å². The van der Waals surface area contributed by atoms with Gasteiger partial charge in [-0.1, -0.05) is 20.3 Å². The third kappa shape index (κ3) is 2.33. The van der Waals surface area contributed by atoms with Crippen molar-refractivity contribution < 1.29 is 9.90 Å². The summed E-state index contributed by atoms with van der Waals surface area (Å²) in [6.07, 6.45) is 2.84. The number of carbonyl (C=O) groups excluding carboxylic acids is 1. The molecule has 0 aromatic rings. The van der Waals surface area contributed by atoms with Crippen LogP contribution >= 0.6 is 0 Å². The van der Waals surface area contributed by atoms with Gasteiger partial charge in [-0.3, -0.25) is 4.79 Å². The standard InChI is InChI=1S/C13H24N2O2/c1-13(2)6-4-5-9(13)12(17)15(3)10-7-14-8-11(10)16/h9-11,14,16H,4-8H2,1-3H3/t9?,10-,11-/m0/s1. The van der Waals surface area contributed by atoms with Crippen molar-refractivity contribution in [3.8, 4) is 0 Å². The van der Waals surface area contributed by atoms with Crippen LogP contribution in [-0.4, -0.2) is 48.2 Å². The summed E-state index contributed by atoms with van der Waals surface area (Å²) in [7, 11) is 1.83. The fourth-order valence-electron chi connectivity index (χ4n) is 3.24. The molecular formula is C13H24N2O2. The molecule has 0 bridgehead atoms. The van der Waals surface area contributed by atoms with Gasteiger partial charge in [0, 0.05) is 26.1 Å². The van der Waals surface area contributed by atoms with Crippen molar-refractivity contribution in [3.63, 3.8) is 0 Å². The summed E-state index contributed by atoms with van der Waals surface area (Å²) < 4.78 is 0. The van der Waals surface area contributed by atoms with Gasteiger partial charge in [0.05, 0.1) is 12.1 Å². The number of hydrogen-bond acceptors (Lipinski definition) is 3. The van der Waals surface area contributed by atoms with Crippen LogP contribution in [0.5, 0.6) is 0 Å². The summed E-state index contributed by atoms with van der Waals surface area (Å²) in [5.74, 6) is 0.334. The van der Waals surface area contributed by atoms with E-state index in [2.05, 4.69) is 19.2 Å². The number of aliphatic hydroxyl groups is 1. The van der Waals surface area contributed by atoms with Gasteiger partial charge < -0.3 is 15.3 Å². The number of hydrogen-bond donors (Lipinski definition) is 2. The maximum absolute atomic E-state index is 12.5. The van der Waals surface area contributed by atoms with E-state index >= 15 is 0 Å². The lowest BCUT2D eigenvalue weighted by Crippen LogP contribution is -2.48. The van der Waals surface area contributed by atoms with Crippen molar-refractivity contribution in [1.29, 1.82) is 0 Å². The van der Waals surface area contributed by atoms with Crippen LogP contribution in [0.4, 0.5) is 0 Å². The molecule has 2 rings (SSSR count). The van der Waals surface area contributed by atoms with Crippen LogP contribution in [0.15, 0.2) is 0 Å². The second-order valence-electron chi connectivity index (χ2n) is 6.18. The molecule has 1 saturated heterocycles. The first-order valence-electron chi connectivity index (χ1n) is 6.59. The highest BCUT2D eigenvalue weighted by Crippen LogP contribution is 2.43. The van der Waals surface area contributed by atoms with Gasteiger partial charge in [-0.2, -0.15) is 0 Å². The summed E-state index contributed by atoms with van der Waals surface area (Å²) in [6.45, 7) is 5.66. The van der Waals surface area contributed by atoms with E-state index in [1.54, 1.807) is 4.90 Å². The fourth-order valence-corrected chi connectivity index (χ4v) is 3.24. The molecule has 1 aliphatic carbocycles. The number of rotatable bonds is 2. The highest BCUT2D eigenvalue weighted by Gasteiger charge is 2.43. The van der Waals surface area contributed by atoms with Gasteiger partial charge in [0.2, 0.25) is 5.91 Å². The van der Waals surface area contributed by atoms with E-state index in [9.17, 15) is 9.90 Å². The lowest BCUT2D eigenvalue weighted by molar-refractivity contribution is -0.140. The second kappa shape index (κ2) is 4.58. The van der Waals surface area contributed by atoms with Crippen LogP contribution in [0.2, 0.25) is 0 Å². The Morgan fingerprint density at radius 1 is 1.41 bits per heavy atom. The number of likely N-dealkylation sites (N-methyl/N-ethyl adjacent to an activating group) is 1. The van der Waals surface area contributed by atoms with Crippen LogP contribution in [0.1, 0.15) is 33.1 Å². The van der Waals surface area contributed by atoms with E-state index in [1.807, 2.05) is 7.05 Å². The summed E-state index contributed by atoms with van der Waals surface area (Å²) >= 11 is 0. The predicted molar refractivity (Wildman–Crippen MR) is 66.6 cm³/mol. The SMILES string of the molecule is CN(C(=O)C1CCCC1(C)C)[C@H]1CNC[C@@H]1O. The Kier molecular flexibility index (Phi) is 3.46. The van der Waals surface area contributed by atoms with Crippen molar-refractivity contribution in [1.82, 2.24) is 10.2 Å². The predicted octanol–water partition coefficient (Wildman–Crippen LogP) is 0.604. The average Bonchev–Trinajstić information content (AvgIpc) is 2.82. The van der Waals surface area contributed by atoms with Gasteiger partial charge in [-0.25, -0.2) is 0 Å². The lowest BCUT2D eigenvalue weighted by Gasteiger charge is -2.33. The molecule has 0 radical (unpaired) electrons. The minimum absolute atomic E-state index is 0.0566. The molecule has 98 valence electrons. The zero-order chi connectivity index (χ0) is 12.6. The highest BCUT2D eigenvalue weighted by atomic mass is 16.3. The molecule has 4 nitrogen and oxygen atoms in total. The molecule has 2 N–H and O–H groups in total. The third-order valence-corrected chi connectivity index (χ3v) is 4.55. The first-order chi connectivity index (χ1) is 7.93. The molecule has 2 fully saturated rings. The highest BCUT2D eigenvalue weighted by molar-refractivity contribution is 5.80. The molecular weight excluding hydrogens is 216 g/mol. The van der Waals surface area contributed by atoms with E-state index in [-0.39, 0.29) is 23.3 Å². The Hall–Kier alpha value is -0.610. The minimum atomic E-state index is -0.423. The summed E-state index contributed by atoms with van der Waals surface area (Å²) in [4.78, 5) is 14.2. The van der Waals surface area contributed by atoms with E-state index in [1.165, 1.54) is 0 Å². The van der Waals surface area contributed by atoms with Gasteiger partial charge in [-0.05, 0) is 18.3 Å². The first-order valence-corrected chi connectivity index (χ1v) is 6.59. The van der Waals surface area contributed by atoms with E-state index < -0.39 is 6.10 Å². The number of carbonyl (C=O) groups is 1. The van der Waals surface area contributed by atoms with Crippen LogP contribution < -0.4 is 5.32 Å². The van der Waals surface area contributed by atoms with Crippen LogP contribution in [0.3, 0.4) is 0 Å². The first kappa shape index (κ1) is 12.8. The monoisotopic (exact) mass is 240 g/mol. The van der Waals surface area contributed by atoms with Gasteiger partial charge in [0.15, 0.2) is 0 Å². The van der Waals surface area contributed by atoms with Crippen LogP contribution in [0, 0.1) is 11.3 Å². The summed E-state index contributed by atoms with van der Waals surface area (Å²) in [6, 6.07) is -0.0566. The lowest BCUT2D eigenvalue weighted by atomic mass is 9.81. The number of amides is 1. The van der Waals surface area contributed by atoms with Crippen molar-refractivity contribution >= 4 is 5.91 Å². The van der Waals surface area contributed by atoms with Gasteiger partial charge >= 0.3 is 0 Å². The summed E-state index contributed by atoms with van der Waals surface area (Å²) in [5, 5.41) is 13.0. The summed E-state index contributed by atoms with van der Waals surface area (Å²) in [5.41, 5.74) is 0.113. The topological polar surface area (TPSA) is 52.6 Å². The Balaban J connectivity index is 2.04. The Bertz CT molecular complexity index is 304. The zero-order valence-electron chi connectivity index (χ0n) is 11.1. The van der Waals surface area contributed by atoms with Gasteiger partial charge in [0.1, 0.15) is 0 Å². The van der Waals surface area contributed by atoms with Crippen molar-refractivity contribution in [2.75, 3.05) is 20.1 Å².